The van der Waals surface area contributed by atoms with Crippen molar-refractivity contribution in [3.63, 3.8) is 0 Å². The highest BCUT2D eigenvalue weighted by molar-refractivity contribution is 6.57. The molecule has 0 unspecified atom stereocenters. The molecule has 2 aromatic carbocycles. The van der Waals surface area contributed by atoms with E-state index in [1.807, 2.05) is 12.1 Å². The van der Waals surface area contributed by atoms with Gasteiger partial charge in [-0.05, 0) is 36.3 Å². The molecule has 0 saturated heterocycles. The average Bonchev–Trinajstić information content (AvgIpc) is 2.60. The molecular formula is C19H17Cl2NO4. The Kier molecular flexibility index (Phi) is 7.51. The molecule has 2 rings (SSSR count). The van der Waals surface area contributed by atoms with Gasteiger partial charge in [0.15, 0.2) is 5.71 Å². The van der Waals surface area contributed by atoms with E-state index >= 15 is 0 Å². The van der Waals surface area contributed by atoms with Crippen LogP contribution in [0.2, 0.25) is 0 Å². The van der Waals surface area contributed by atoms with Crippen LogP contribution in [0.3, 0.4) is 0 Å². The number of nitrogens with zero attached hydrogens (tertiary/aromatic N) is 1. The van der Waals surface area contributed by atoms with Crippen molar-refractivity contribution in [1.29, 1.82) is 0 Å². The van der Waals surface area contributed by atoms with E-state index in [1.165, 1.54) is 0 Å². The van der Waals surface area contributed by atoms with Crippen LogP contribution in [0, 0.1) is 0 Å². The van der Waals surface area contributed by atoms with Gasteiger partial charge in [-0.25, -0.2) is 4.79 Å². The third-order valence-corrected chi connectivity index (χ3v) is 3.51. The number of carboxylic acids is 1. The molecule has 2 aromatic rings. The second-order valence-corrected chi connectivity index (χ2v) is 6.12. The van der Waals surface area contributed by atoms with Crippen molar-refractivity contribution in [2.75, 3.05) is 6.61 Å². The minimum Gasteiger partial charge on any atom is -0.489 e. The molecule has 26 heavy (non-hydrogen) atoms. The number of carboxylic acid groups (broad SMARTS) is 1. The van der Waals surface area contributed by atoms with Crippen LogP contribution in [0.15, 0.2) is 58.2 Å². The van der Waals surface area contributed by atoms with E-state index in [1.54, 1.807) is 49.4 Å². The summed E-state index contributed by atoms with van der Waals surface area (Å²) in [5, 5.41) is 13.1. The Hall–Kier alpha value is -2.50. The lowest BCUT2D eigenvalue weighted by atomic mass is 10.0. The Balaban J connectivity index is 2.23. The summed E-state index contributed by atoms with van der Waals surface area (Å²) in [7, 11) is 0. The molecule has 0 radical (unpaired) electrons. The molecule has 0 amide bonds. The lowest BCUT2D eigenvalue weighted by Crippen LogP contribution is -2.18. The largest absolute Gasteiger partial charge is 0.489 e. The van der Waals surface area contributed by atoms with E-state index in [2.05, 4.69) is 5.16 Å². The lowest BCUT2D eigenvalue weighted by Gasteiger charge is -2.11. The van der Waals surface area contributed by atoms with E-state index < -0.39 is 5.97 Å². The van der Waals surface area contributed by atoms with Crippen molar-refractivity contribution >= 4 is 41.0 Å². The van der Waals surface area contributed by atoms with Crippen LogP contribution < -0.4 is 4.74 Å². The normalized spacial score (nSPS) is 11.0. The van der Waals surface area contributed by atoms with Gasteiger partial charge in [0, 0.05) is 5.56 Å². The van der Waals surface area contributed by atoms with Crippen LogP contribution in [0.25, 0.3) is 6.08 Å². The van der Waals surface area contributed by atoms with Crippen LogP contribution in [-0.4, -0.2) is 23.4 Å². The first-order valence-electron chi connectivity index (χ1n) is 7.78. The van der Waals surface area contributed by atoms with Crippen molar-refractivity contribution in [2.45, 2.75) is 13.5 Å². The number of carbonyl (C=O) groups is 1. The highest BCUT2D eigenvalue weighted by Crippen LogP contribution is 2.20. The zero-order chi connectivity index (χ0) is 18.9. The number of hydrogen-bond donors (Lipinski definition) is 1. The summed E-state index contributed by atoms with van der Waals surface area (Å²) in [5.74, 6) is -0.573. The molecule has 7 heteroatoms. The summed E-state index contributed by atoms with van der Waals surface area (Å²) in [6.07, 6.45) is 1.60. The molecule has 1 N–H and O–H groups in total. The van der Waals surface area contributed by atoms with E-state index in [0.717, 1.165) is 5.56 Å². The minimum absolute atomic E-state index is 0.144. The fourth-order valence-corrected chi connectivity index (χ4v) is 2.44. The van der Waals surface area contributed by atoms with Gasteiger partial charge in [-0.1, -0.05) is 64.8 Å². The van der Waals surface area contributed by atoms with Crippen LogP contribution in [0.4, 0.5) is 0 Å². The molecule has 0 aliphatic carbocycles. The third kappa shape index (κ3) is 5.79. The molecule has 0 saturated carbocycles. The maximum atomic E-state index is 11.5. The fourth-order valence-electron chi connectivity index (χ4n) is 2.19. The average molecular weight is 394 g/mol. The molecule has 0 bridgehead atoms. The smallest absolute Gasteiger partial charge is 0.358 e. The quantitative estimate of drug-likeness (QED) is 0.513. The molecule has 5 nitrogen and oxygen atoms in total. The maximum absolute atomic E-state index is 11.5. The van der Waals surface area contributed by atoms with Gasteiger partial charge in [0.2, 0.25) is 0 Å². The first-order chi connectivity index (χ1) is 12.5. The topological polar surface area (TPSA) is 68.1 Å². The Morgan fingerprint density at radius 1 is 1.19 bits per heavy atom. The van der Waals surface area contributed by atoms with Crippen LogP contribution in [0.5, 0.6) is 5.75 Å². The Morgan fingerprint density at radius 2 is 1.96 bits per heavy atom. The summed E-state index contributed by atoms with van der Waals surface area (Å²) < 4.78 is 5.93. The summed E-state index contributed by atoms with van der Waals surface area (Å²) in [6, 6.07) is 14.2. The molecule has 0 atom stereocenters. The summed E-state index contributed by atoms with van der Waals surface area (Å²) in [4.78, 5) is 16.4. The van der Waals surface area contributed by atoms with E-state index in [9.17, 15) is 9.90 Å². The predicted molar refractivity (Wildman–Crippen MR) is 103 cm³/mol. The van der Waals surface area contributed by atoms with Gasteiger partial charge in [0.05, 0.1) is 0 Å². The van der Waals surface area contributed by atoms with Gasteiger partial charge in [0.1, 0.15) is 23.5 Å². The number of halogens is 2. The van der Waals surface area contributed by atoms with Gasteiger partial charge in [0.25, 0.3) is 0 Å². The standard InChI is InChI=1S/C19H17Cl2NO4/c1-2-26-22-18(19(23)24)16-9-4-3-7-14(16)12-25-15-8-5-6-13(10-15)11-17(20)21/h3-11H,2,12H2,1H3,(H,23,24). The number of aliphatic carboxylic acids is 1. The molecule has 0 fully saturated rings. The highest BCUT2D eigenvalue weighted by atomic mass is 35.5. The van der Waals surface area contributed by atoms with Crippen molar-refractivity contribution in [3.8, 4) is 5.75 Å². The minimum atomic E-state index is -1.17. The second-order valence-electron chi connectivity index (χ2n) is 5.12. The number of benzene rings is 2. The van der Waals surface area contributed by atoms with Gasteiger partial charge in [-0.3, -0.25) is 0 Å². The van der Waals surface area contributed by atoms with E-state index in [0.29, 0.717) is 16.9 Å². The zero-order valence-electron chi connectivity index (χ0n) is 14.0. The Morgan fingerprint density at radius 3 is 2.65 bits per heavy atom. The van der Waals surface area contributed by atoms with Crippen LogP contribution in [0.1, 0.15) is 23.6 Å². The number of ether oxygens (including phenoxy) is 1. The van der Waals surface area contributed by atoms with Gasteiger partial charge in [-0.2, -0.15) is 0 Å². The van der Waals surface area contributed by atoms with Gasteiger partial charge >= 0.3 is 5.97 Å². The zero-order valence-corrected chi connectivity index (χ0v) is 15.5. The fraction of sp³-hybridized carbons (Fsp3) is 0.158. The molecule has 136 valence electrons. The SMILES string of the molecule is CCON=C(C(=O)O)c1ccccc1COc1cccc(C=C(Cl)Cl)c1. The molecule has 0 heterocycles. The first-order valence-corrected chi connectivity index (χ1v) is 8.54. The van der Waals surface area contributed by atoms with Crippen LogP contribution >= 0.6 is 23.2 Å². The maximum Gasteiger partial charge on any atom is 0.358 e. The molecular weight excluding hydrogens is 377 g/mol. The third-order valence-electron chi connectivity index (χ3n) is 3.29. The molecule has 0 aliphatic heterocycles. The summed E-state index contributed by atoms with van der Waals surface area (Å²) in [6.45, 7) is 2.17. The van der Waals surface area contributed by atoms with Gasteiger partial charge in [-0.15, -0.1) is 0 Å². The number of oxime groups is 1. The summed E-state index contributed by atoms with van der Waals surface area (Å²) in [5.41, 5.74) is 1.73. The number of rotatable bonds is 8. The van der Waals surface area contributed by atoms with E-state index in [4.69, 9.17) is 32.8 Å². The van der Waals surface area contributed by atoms with E-state index in [-0.39, 0.29) is 23.4 Å². The number of hydrogen-bond acceptors (Lipinski definition) is 4. The predicted octanol–water partition coefficient (Wildman–Crippen LogP) is 4.87. The monoisotopic (exact) mass is 393 g/mol. The Labute approximate surface area is 161 Å². The lowest BCUT2D eigenvalue weighted by molar-refractivity contribution is -0.129. The summed E-state index contributed by atoms with van der Waals surface area (Å²) >= 11 is 11.3. The van der Waals surface area contributed by atoms with Crippen molar-refractivity contribution in [1.82, 2.24) is 0 Å². The van der Waals surface area contributed by atoms with Gasteiger partial charge < -0.3 is 14.7 Å². The van der Waals surface area contributed by atoms with Crippen molar-refractivity contribution < 1.29 is 19.5 Å². The van der Waals surface area contributed by atoms with Crippen molar-refractivity contribution in [3.05, 3.63) is 69.7 Å². The second kappa shape index (κ2) is 9.85. The highest BCUT2D eigenvalue weighted by Gasteiger charge is 2.17. The first kappa shape index (κ1) is 19.8. The van der Waals surface area contributed by atoms with Crippen molar-refractivity contribution in [2.24, 2.45) is 5.16 Å². The molecule has 0 aromatic heterocycles. The Bertz CT molecular complexity index is 830. The molecule has 0 spiro atoms. The van der Waals surface area contributed by atoms with Crippen LogP contribution in [-0.2, 0) is 16.2 Å². The molecule has 0 aliphatic rings.